The van der Waals surface area contributed by atoms with Gasteiger partial charge in [-0.15, -0.1) is 0 Å². The molecule has 0 aliphatic carbocycles. The molecule has 0 N–H and O–H groups in total. The Balaban J connectivity index is 5.09. The van der Waals surface area contributed by atoms with Crippen LogP contribution in [0.4, 0.5) is 0 Å². The van der Waals surface area contributed by atoms with Crippen LogP contribution in [0, 0.1) is 0 Å². The van der Waals surface area contributed by atoms with Crippen molar-refractivity contribution in [2.24, 2.45) is 0 Å². The van der Waals surface area contributed by atoms with Crippen LogP contribution in [-0.4, -0.2) is 131 Å². The largest absolute Gasteiger partial charge is 0.414 e. The molecule has 0 aliphatic rings. The third-order valence-electron chi connectivity index (χ3n) is 12.2. The highest BCUT2D eigenvalue weighted by Gasteiger charge is 2.40. The normalized spacial score (nSPS) is 14.7. The Morgan fingerprint density at radius 3 is 1.04 bits per heavy atom. The van der Waals surface area contributed by atoms with Crippen LogP contribution in [0.3, 0.4) is 0 Å². The topological polar surface area (TPSA) is 109 Å². The Hall–Kier alpha value is 0.698. The Labute approximate surface area is 350 Å². The van der Waals surface area contributed by atoms with E-state index in [1.807, 2.05) is 0 Å². The van der Waals surface area contributed by atoms with Gasteiger partial charge in [-0.05, 0) is 78.9 Å². The lowest BCUT2D eigenvalue weighted by molar-refractivity contribution is -0.0778. The molecule has 11 nitrogen and oxygen atoms in total. The SMILES string of the molecule is CC(C)(C)[Si](C)(C)OCCOCC(COCCO[Si](C)(C)C(C)(C)C)OCCOCCCP(=O)(OCCO[Si](C)(C)C(C)(C)C)OCCO[Si](C)(C)C(C)(C)C. The zero-order chi connectivity index (χ0) is 43.8. The van der Waals surface area contributed by atoms with E-state index in [2.05, 4.69) is 135 Å². The van der Waals surface area contributed by atoms with Crippen LogP contribution in [0.15, 0.2) is 0 Å². The first-order valence-corrected chi connectivity index (χ1v) is 34.3. The molecule has 0 amide bonds. The predicted molar refractivity (Wildman–Crippen MR) is 244 cm³/mol. The summed E-state index contributed by atoms with van der Waals surface area (Å²) in [5, 5.41) is 0.452. The highest BCUT2D eigenvalue weighted by molar-refractivity contribution is 7.53. The van der Waals surface area contributed by atoms with Gasteiger partial charge >= 0.3 is 7.60 Å². The molecule has 0 rings (SSSR count). The zero-order valence-electron chi connectivity index (χ0n) is 40.1. The molecule has 0 aromatic carbocycles. The second kappa shape index (κ2) is 24.4. The summed E-state index contributed by atoms with van der Waals surface area (Å²) < 4.78 is 74.9. The first kappa shape index (κ1) is 56.7. The first-order chi connectivity index (χ1) is 25.2. The second-order valence-electron chi connectivity index (χ2n) is 21.0. The van der Waals surface area contributed by atoms with Gasteiger partial charge in [-0.2, -0.15) is 0 Å². The van der Waals surface area contributed by atoms with E-state index in [0.717, 1.165) is 0 Å². The summed E-state index contributed by atoms with van der Waals surface area (Å²) in [7, 11) is -11.0. The lowest BCUT2D eigenvalue weighted by Gasteiger charge is -2.36. The van der Waals surface area contributed by atoms with Crippen molar-refractivity contribution in [1.82, 2.24) is 0 Å². The summed E-state index contributed by atoms with van der Waals surface area (Å²) in [5.74, 6) is 0. The standard InChI is InChI=1S/C40H91O11PSi4/c1-37(2,3)53(13,14)48-29-24-43-34-36(35-44-25-30-49-54(15,16)38(4,5)6)45-26-23-42-22-21-33-52(41,46-27-31-50-55(17,18)39(7,8)9)47-28-32-51-56(19,20)40(10,11)12/h36H,21-35H2,1-20H3. The fraction of sp³-hybridized carbons (Fsp3) is 1.00. The van der Waals surface area contributed by atoms with Crippen molar-refractivity contribution in [3.05, 3.63) is 0 Å². The van der Waals surface area contributed by atoms with Crippen LogP contribution in [0.5, 0.6) is 0 Å². The molecule has 0 spiro atoms. The molecular weight excluding hydrogens is 800 g/mol. The molecule has 16 heteroatoms. The van der Waals surface area contributed by atoms with E-state index in [1.165, 1.54) is 0 Å². The maximum atomic E-state index is 13.9. The van der Waals surface area contributed by atoms with Crippen molar-refractivity contribution in [2.45, 2.75) is 168 Å². The Morgan fingerprint density at radius 1 is 0.411 bits per heavy atom. The van der Waals surface area contributed by atoms with Gasteiger partial charge in [-0.3, -0.25) is 4.57 Å². The molecule has 0 heterocycles. The van der Waals surface area contributed by atoms with E-state index in [4.69, 9.17) is 45.7 Å². The molecule has 0 aliphatic heterocycles. The van der Waals surface area contributed by atoms with E-state index in [-0.39, 0.29) is 45.6 Å². The third kappa shape index (κ3) is 22.5. The van der Waals surface area contributed by atoms with E-state index in [9.17, 15) is 4.57 Å². The van der Waals surface area contributed by atoms with Crippen LogP contribution in [0.25, 0.3) is 0 Å². The monoisotopic (exact) mass is 891 g/mol. The van der Waals surface area contributed by atoms with Gasteiger partial charge in [0, 0.05) is 6.61 Å². The fourth-order valence-corrected chi connectivity index (χ4v) is 9.66. The molecule has 0 saturated heterocycles. The summed E-state index contributed by atoms with van der Waals surface area (Å²) in [6, 6.07) is 0. The molecule has 338 valence electrons. The number of ether oxygens (including phenoxy) is 4. The summed E-state index contributed by atoms with van der Waals surface area (Å²) in [6.45, 7) is 49.6. The van der Waals surface area contributed by atoms with Crippen molar-refractivity contribution in [3.63, 3.8) is 0 Å². The fourth-order valence-electron chi connectivity index (χ4n) is 4.00. The van der Waals surface area contributed by atoms with Crippen molar-refractivity contribution >= 4 is 40.9 Å². The van der Waals surface area contributed by atoms with Crippen molar-refractivity contribution < 1.29 is 50.3 Å². The summed E-state index contributed by atoms with van der Waals surface area (Å²) in [5.41, 5.74) is 0. The van der Waals surface area contributed by atoms with E-state index < -0.39 is 40.9 Å². The molecule has 0 atom stereocenters. The molecular formula is C40H91O11PSi4. The smallest absolute Gasteiger partial charge is 0.330 e. The first-order valence-electron chi connectivity index (χ1n) is 21.0. The Bertz CT molecular complexity index is 1040. The highest BCUT2D eigenvalue weighted by atomic mass is 31.2. The van der Waals surface area contributed by atoms with Gasteiger partial charge in [-0.1, -0.05) is 83.1 Å². The van der Waals surface area contributed by atoms with Crippen molar-refractivity contribution in [3.8, 4) is 0 Å². The molecule has 0 fully saturated rings. The highest BCUT2D eigenvalue weighted by Crippen LogP contribution is 2.49. The van der Waals surface area contributed by atoms with Crippen LogP contribution >= 0.6 is 7.60 Å². The molecule has 0 unspecified atom stereocenters. The summed E-state index contributed by atoms with van der Waals surface area (Å²) in [6.07, 6.45) is 0.497. The molecule has 0 aromatic heterocycles. The molecule has 0 bridgehead atoms. The average molecular weight is 891 g/mol. The van der Waals surface area contributed by atoms with E-state index >= 15 is 0 Å². The van der Waals surface area contributed by atoms with Gasteiger partial charge in [0.25, 0.3) is 0 Å². The van der Waals surface area contributed by atoms with Gasteiger partial charge in [-0.25, -0.2) is 0 Å². The lowest BCUT2D eigenvalue weighted by Crippen LogP contribution is -2.42. The minimum atomic E-state index is -3.40. The third-order valence-corrected chi connectivity index (χ3v) is 32.4. The quantitative estimate of drug-likeness (QED) is 0.0391. The minimum Gasteiger partial charge on any atom is -0.414 e. The number of rotatable bonds is 30. The number of hydrogen-bond acceptors (Lipinski definition) is 11. The van der Waals surface area contributed by atoms with E-state index in [0.29, 0.717) is 79.1 Å². The van der Waals surface area contributed by atoms with Gasteiger partial charge < -0.3 is 45.7 Å². The van der Waals surface area contributed by atoms with Gasteiger partial charge in [0.1, 0.15) is 6.10 Å². The maximum Gasteiger partial charge on any atom is 0.330 e. The van der Waals surface area contributed by atoms with Gasteiger partial charge in [0.05, 0.1) is 85.4 Å². The lowest BCUT2D eigenvalue weighted by atomic mass is 10.2. The van der Waals surface area contributed by atoms with Crippen LogP contribution < -0.4 is 0 Å². The Morgan fingerprint density at radius 2 is 0.714 bits per heavy atom. The minimum absolute atomic E-state index is 0.0779. The second-order valence-corrected chi connectivity index (χ2v) is 42.5. The number of hydrogen-bond donors (Lipinski definition) is 0. The molecule has 0 aromatic rings. The summed E-state index contributed by atoms with van der Waals surface area (Å²) in [4.78, 5) is 0. The van der Waals surface area contributed by atoms with Crippen molar-refractivity contribution in [1.29, 1.82) is 0 Å². The molecule has 56 heavy (non-hydrogen) atoms. The average Bonchev–Trinajstić information content (AvgIpc) is 3.02. The zero-order valence-corrected chi connectivity index (χ0v) is 45.0. The van der Waals surface area contributed by atoms with Gasteiger partial charge in [0.15, 0.2) is 33.3 Å². The summed E-state index contributed by atoms with van der Waals surface area (Å²) >= 11 is 0. The maximum absolute atomic E-state index is 13.9. The van der Waals surface area contributed by atoms with Crippen LogP contribution in [0.2, 0.25) is 72.5 Å². The van der Waals surface area contributed by atoms with E-state index in [1.54, 1.807) is 0 Å². The Kier molecular flexibility index (Phi) is 24.7. The molecule has 0 saturated carbocycles. The van der Waals surface area contributed by atoms with Crippen LogP contribution in [-0.2, 0) is 50.3 Å². The van der Waals surface area contributed by atoms with Gasteiger partial charge in [0.2, 0.25) is 0 Å². The van der Waals surface area contributed by atoms with Crippen molar-refractivity contribution in [2.75, 3.05) is 92.1 Å². The van der Waals surface area contributed by atoms with Crippen LogP contribution in [0.1, 0.15) is 89.5 Å². The molecule has 0 radical (unpaired) electrons. The predicted octanol–water partition coefficient (Wildman–Crippen LogP) is 11.1.